The largest absolute Gasteiger partial charge is 0.481 e. The van der Waals surface area contributed by atoms with Crippen molar-refractivity contribution < 1.29 is 19.5 Å². The number of carbonyl (C=O) groups is 3. The van der Waals surface area contributed by atoms with E-state index in [1.54, 1.807) is 67.6 Å². The normalized spacial score (nSPS) is 11.5. The van der Waals surface area contributed by atoms with E-state index >= 15 is 0 Å². The molecule has 28 heavy (non-hydrogen) atoms. The summed E-state index contributed by atoms with van der Waals surface area (Å²) in [4.78, 5) is 36.4. The number of hydrogen-bond donors (Lipinski definition) is 3. The number of anilines is 2. The second kappa shape index (κ2) is 8.49. The van der Waals surface area contributed by atoms with Gasteiger partial charge in [-0.25, -0.2) is 0 Å². The van der Waals surface area contributed by atoms with Crippen molar-refractivity contribution in [3.63, 3.8) is 0 Å². The summed E-state index contributed by atoms with van der Waals surface area (Å²) >= 11 is 1.34. The molecule has 0 saturated heterocycles. The van der Waals surface area contributed by atoms with Crippen molar-refractivity contribution >= 4 is 40.5 Å². The number of carboxylic acids is 1. The standard InChI is InChI=1S/C21H18N2O4S/c1-13(21(26)27)14-5-2-7-16(11-14)22-19(24)15-6-3-8-17(12-15)23-20(25)18-9-4-10-28-18/h2-13H,1H3,(H,22,24)(H,23,25)(H,26,27). The zero-order chi connectivity index (χ0) is 20.1. The summed E-state index contributed by atoms with van der Waals surface area (Å²) in [5, 5.41) is 16.5. The highest BCUT2D eigenvalue weighted by molar-refractivity contribution is 7.12. The third-order valence-corrected chi connectivity index (χ3v) is 5.01. The number of hydrogen-bond acceptors (Lipinski definition) is 4. The lowest BCUT2D eigenvalue weighted by Crippen LogP contribution is -2.14. The van der Waals surface area contributed by atoms with Crippen LogP contribution in [0.3, 0.4) is 0 Å². The number of thiophene rings is 1. The average molecular weight is 394 g/mol. The third kappa shape index (κ3) is 4.63. The fourth-order valence-corrected chi connectivity index (χ4v) is 3.19. The van der Waals surface area contributed by atoms with E-state index in [2.05, 4.69) is 10.6 Å². The minimum Gasteiger partial charge on any atom is -0.481 e. The summed E-state index contributed by atoms with van der Waals surface area (Å²) in [5.74, 6) is -2.19. The number of nitrogens with one attached hydrogen (secondary N) is 2. The predicted octanol–water partition coefficient (Wildman–Crippen LogP) is 4.44. The Hall–Kier alpha value is -3.45. The van der Waals surface area contributed by atoms with Gasteiger partial charge < -0.3 is 15.7 Å². The first kappa shape index (κ1) is 19.3. The van der Waals surface area contributed by atoms with E-state index in [-0.39, 0.29) is 11.8 Å². The summed E-state index contributed by atoms with van der Waals surface area (Å²) in [6.07, 6.45) is 0. The molecule has 0 aliphatic carbocycles. The van der Waals surface area contributed by atoms with Crippen LogP contribution in [0.15, 0.2) is 66.0 Å². The maximum Gasteiger partial charge on any atom is 0.310 e. The zero-order valence-electron chi connectivity index (χ0n) is 15.0. The number of rotatable bonds is 6. The van der Waals surface area contributed by atoms with Crippen molar-refractivity contribution in [1.82, 2.24) is 0 Å². The topological polar surface area (TPSA) is 95.5 Å². The van der Waals surface area contributed by atoms with E-state index in [4.69, 9.17) is 5.11 Å². The Morgan fingerprint density at radius 1 is 0.893 bits per heavy atom. The summed E-state index contributed by atoms with van der Waals surface area (Å²) < 4.78 is 0. The molecule has 0 saturated carbocycles. The molecule has 2 aromatic carbocycles. The monoisotopic (exact) mass is 394 g/mol. The Kier molecular flexibility index (Phi) is 5.86. The molecule has 0 spiro atoms. The lowest BCUT2D eigenvalue weighted by atomic mass is 10.0. The van der Waals surface area contributed by atoms with Crippen LogP contribution in [0.25, 0.3) is 0 Å². The molecule has 1 heterocycles. The summed E-state index contributed by atoms with van der Waals surface area (Å²) in [6, 6.07) is 16.9. The van der Waals surface area contributed by atoms with Crippen LogP contribution in [0.1, 0.15) is 38.4 Å². The van der Waals surface area contributed by atoms with Gasteiger partial charge >= 0.3 is 5.97 Å². The van der Waals surface area contributed by atoms with Gasteiger partial charge in [0, 0.05) is 16.9 Å². The highest BCUT2D eigenvalue weighted by Gasteiger charge is 2.15. The lowest BCUT2D eigenvalue weighted by Gasteiger charge is -2.11. The van der Waals surface area contributed by atoms with E-state index < -0.39 is 11.9 Å². The van der Waals surface area contributed by atoms with Crippen LogP contribution in [0, 0.1) is 0 Å². The fourth-order valence-electron chi connectivity index (χ4n) is 2.57. The van der Waals surface area contributed by atoms with E-state index in [0.717, 1.165) is 0 Å². The minimum absolute atomic E-state index is 0.233. The summed E-state index contributed by atoms with van der Waals surface area (Å²) in [6.45, 7) is 1.59. The van der Waals surface area contributed by atoms with Crippen molar-refractivity contribution in [3.8, 4) is 0 Å². The fraction of sp³-hybridized carbons (Fsp3) is 0.0952. The molecule has 2 amide bonds. The Morgan fingerprint density at radius 2 is 1.57 bits per heavy atom. The Balaban J connectivity index is 1.72. The molecule has 1 unspecified atom stereocenters. The second-order valence-electron chi connectivity index (χ2n) is 6.15. The molecule has 1 aromatic heterocycles. The molecule has 1 atom stereocenters. The molecule has 142 valence electrons. The molecule has 0 bridgehead atoms. The van der Waals surface area contributed by atoms with Gasteiger partial charge in [0.15, 0.2) is 0 Å². The third-order valence-electron chi connectivity index (χ3n) is 4.14. The van der Waals surface area contributed by atoms with E-state index in [1.807, 2.05) is 5.38 Å². The van der Waals surface area contributed by atoms with Crippen molar-refractivity contribution in [3.05, 3.63) is 82.0 Å². The summed E-state index contributed by atoms with van der Waals surface area (Å²) in [7, 11) is 0. The number of amides is 2. The Bertz CT molecular complexity index is 1010. The number of benzene rings is 2. The number of carbonyl (C=O) groups excluding carboxylic acids is 2. The molecule has 7 heteroatoms. The minimum atomic E-state index is -0.933. The van der Waals surface area contributed by atoms with Crippen molar-refractivity contribution in [2.45, 2.75) is 12.8 Å². The molecule has 3 aromatic rings. The first-order chi connectivity index (χ1) is 13.4. The predicted molar refractivity (Wildman–Crippen MR) is 109 cm³/mol. The van der Waals surface area contributed by atoms with Crippen molar-refractivity contribution in [1.29, 1.82) is 0 Å². The average Bonchev–Trinajstić information content (AvgIpc) is 3.22. The van der Waals surface area contributed by atoms with Gasteiger partial charge in [-0.15, -0.1) is 11.3 Å². The van der Waals surface area contributed by atoms with Gasteiger partial charge in [-0.3, -0.25) is 14.4 Å². The van der Waals surface area contributed by atoms with Gasteiger partial charge in [-0.1, -0.05) is 24.3 Å². The number of aliphatic carboxylic acids is 1. The Labute approximate surface area is 165 Å². The smallest absolute Gasteiger partial charge is 0.310 e. The van der Waals surface area contributed by atoms with Gasteiger partial charge in [0.1, 0.15) is 0 Å². The van der Waals surface area contributed by atoms with Crippen LogP contribution in [-0.2, 0) is 4.79 Å². The lowest BCUT2D eigenvalue weighted by molar-refractivity contribution is -0.138. The molecule has 0 aliphatic rings. The molecule has 0 radical (unpaired) electrons. The van der Waals surface area contributed by atoms with Crippen LogP contribution >= 0.6 is 11.3 Å². The second-order valence-corrected chi connectivity index (χ2v) is 7.10. The Morgan fingerprint density at radius 3 is 2.25 bits per heavy atom. The van der Waals surface area contributed by atoms with Crippen LogP contribution in [0.4, 0.5) is 11.4 Å². The molecule has 3 rings (SSSR count). The maximum absolute atomic E-state index is 12.6. The van der Waals surface area contributed by atoms with E-state index in [0.29, 0.717) is 27.4 Å². The van der Waals surface area contributed by atoms with E-state index in [9.17, 15) is 14.4 Å². The number of carboxylic acid groups (broad SMARTS) is 1. The molecule has 0 fully saturated rings. The van der Waals surface area contributed by atoms with Gasteiger partial charge in [0.05, 0.1) is 10.8 Å². The molecule has 3 N–H and O–H groups in total. The van der Waals surface area contributed by atoms with Crippen LogP contribution in [0.2, 0.25) is 0 Å². The van der Waals surface area contributed by atoms with Crippen LogP contribution in [-0.4, -0.2) is 22.9 Å². The molecular weight excluding hydrogens is 376 g/mol. The molecular formula is C21H18N2O4S. The quantitative estimate of drug-likeness (QED) is 0.576. The summed E-state index contributed by atoms with van der Waals surface area (Å²) in [5.41, 5.74) is 1.99. The molecule has 6 nitrogen and oxygen atoms in total. The highest BCUT2D eigenvalue weighted by Crippen LogP contribution is 2.21. The zero-order valence-corrected chi connectivity index (χ0v) is 15.8. The van der Waals surface area contributed by atoms with Gasteiger partial charge in [0.25, 0.3) is 11.8 Å². The van der Waals surface area contributed by atoms with Crippen LogP contribution in [0.5, 0.6) is 0 Å². The van der Waals surface area contributed by atoms with Gasteiger partial charge in [-0.05, 0) is 54.3 Å². The van der Waals surface area contributed by atoms with Crippen LogP contribution < -0.4 is 10.6 Å². The first-order valence-electron chi connectivity index (χ1n) is 8.53. The van der Waals surface area contributed by atoms with Crippen molar-refractivity contribution in [2.24, 2.45) is 0 Å². The SMILES string of the molecule is CC(C(=O)O)c1cccc(NC(=O)c2cccc(NC(=O)c3cccs3)c2)c1. The molecule has 0 aliphatic heterocycles. The van der Waals surface area contributed by atoms with Crippen molar-refractivity contribution in [2.75, 3.05) is 10.6 Å². The van der Waals surface area contributed by atoms with Gasteiger partial charge in [-0.2, -0.15) is 0 Å². The highest BCUT2D eigenvalue weighted by atomic mass is 32.1. The maximum atomic E-state index is 12.6. The van der Waals surface area contributed by atoms with E-state index in [1.165, 1.54) is 11.3 Å². The van der Waals surface area contributed by atoms with Gasteiger partial charge in [0.2, 0.25) is 0 Å². The first-order valence-corrected chi connectivity index (χ1v) is 9.41.